The van der Waals surface area contributed by atoms with Crippen LogP contribution in [0.1, 0.15) is 36.8 Å². The molecule has 0 N–H and O–H groups in total. The molecule has 0 aromatic carbocycles. The molecule has 3 fully saturated rings. The van der Waals surface area contributed by atoms with Crippen LogP contribution in [-0.2, 0) is 14.9 Å². The van der Waals surface area contributed by atoms with Crippen LogP contribution in [0.2, 0.25) is 0 Å². The van der Waals surface area contributed by atoms with E-state index in [9.17, 15) is 4.79 Å². The van der Waals surface area contributed by atoms with E-state index >= 15 is 0 Å². The summed E-state index contributed by atoms with van der Waals surface area (Å²) in [4.78, 5) is 25.6. The van der Waals surface area contributed by atoms with Crippen molar-refractivity contribution in [2.45, 2.75) is 43.2 Å². The largest absolute Gasteiger partial charge is 0.371 e. The highest BCUT2D eigenvalue weighted by atomic mass is 16.5. The number of anilines is 1. The van der Waals surface area contributed by atoms with Gasteiger partial charge in [0.2, 0.25) is 5.91 Å². The highest BCUT2D eigenvalue weighted by Crippen LogP contribution is 2.48. The van der Waals surface area contributed by atoms with Crippen molar-refractivity contribution in [1.29, 1.82) is 5.26 Å². The number of piperazine rings is 1. The Morgan fingerprint density at radius 1 is 1.17 bits per heavy atom. The van der Waals surface area contributed by atoms with Crippen molar-refractivity contribution in [2.75, 3.05) is 31.2 Å². The maximum absolute atomic E-state index is 12.8. The van der Waals surface area contributed by atoms with Gasteiger partial charge in [0.25, 0.3) is 0 Å². The lowest BCUT2D eigenvalue weighted by Crippen LogP contribution is -2.56. The normalized spacial score (nSPS) is 23.8. The van der Waals surface area contributed by atoms with Crippen molar-refractivity contribution >= 4 is 11.7 Å². The minimum atomic E-state index is 0.0716. The van der Waals surface area contributed by atoms with Gasteiger partial charge in [-0.1, -0.05) is 0 Å². The van der Waals surface area contributed by atoms with Crippen LogP contribution in [-0.4, -0.2) is 59.2 Å². The van der Waals surface area contributed by atoms with Gasteiger partial charge in [-0.2, -0.15) is 5.26 Å². The molecule has 0 radical (unpaired) electrons. The molecule has 2 atom stereocenters. The SMILES string of the molecule is N#Cc1ccc(N2C3CC[C@H]2CN(C(=O)COCC2(c4ccncc4)CC2)C3)nc1. The van der Waals surface area contributed by atoms with Gasteiger partial charge in [0.05, 0.1) is 12.2 Å². The number of fused-ring (bicyclic) bond motifs is 2. The first-order valence-electron chi connectivity index (χ1n) is 10.6. The molecule has 4 heterocycles. The Hall–Kier alpha value is -2.98. The molecule has 2 aromatic heterocycles. The first-order valence-corrected chi connectivity index (χ1v) is 10.6. The number of nitrogens with zero attached hydrogens (tertiary/aromatic N) is 5. The van der Waals surface area contributed by atoms with E-state index in [1.165, 1.54) is 5.56 Å². The van der Waals surface area contributed by atoms with Gasteiger partial charge < -0.3 is 14.5 Å². The lowest BCUT2D eigenvalue weighted by Gasteiger charge is -2.41. The van der Waals surface area contributed by atoms with Gasteiger partial charge in [-0.05, 0) is 55.5 Å². The van der Waals surface area contributed by atoms with Gasteiger partial charge in [0.1, 0.15) is 18.5 Å². The molecule has 3 aliphatic rings. The Kier molecular flexibility index (Phi) is 4.87. The van der Waals surface area contributed by atoms with Crippen LogP contribution in [0.3, 0.4) is 0 Å². The Balaban J connectivity index is 1.16. The zero-order valence-electron chi connectivity index (χ0n) is 16.9. The molecular formula is C23H25N5O2. The van der Waals surface area contributed by atoms with Crippen molar-refractivity contribution < 1.29 is 9.53 Å². The van der Waals surface area contributed by atoms with E-state index in [-0.39, 0.29) is 30.0 Å². The van der Waals surface area contributed by atoms with Crippen LogP contribution in [0, 0.1) is 11.3 Å². The topological polar surface area (TPSA) is 82.4 Å². The third-order valence-corrected chi connectivity index (χ3v) is 6.73. The van der Waals surface area contributed by atoms with Crippen molar-refractivity contribution in [1.82, 2.24) is 14.9 Å². The maximum Gasteiger partial charge on any atom is 0.248 e. The van der Waals surface area contributed by atoms with Crippen molar-refractivity contribution in [3.8, 4) is 6.07 Å². The average molecular weight is 403 g/mol. The van der Waals surface area contributed by atoms with Crippen LogP contribution in [0.5, 0.6) is 0 Å². The summed E-state index contributed by atoms with van der Waals surface area (Å²) in [5.74, 6) is 0.975. The summed E-state index contributed by atoms with van der Waals surface area (Å²) < 4.78 is 5.89. The summed E-state index contributed by atoms with van der Waals surface area (Å²) in [5, 5.41) is 8.98. The smallest absolute Gasteiger partial charge is 0.248 e. The molecule has 5 rings (SSSR count). The Bertz CT molecular complexity index is 938. The molecule has 30 heavy (non-hydrogen) atoms. The van der Waals surface area contributed by atoms with E-state index in [0.29, 0.717) is 25.3 Å². The Labute approximate surface area is 176 Å². The number of hydrogen-bond donors (Lipinski definition) is 0. The van der Waals surface area contributed by atoms with Crippen LogP contribution in [0.4, 0.5) is 5.82 Å². The summed E-state index contributed by atoms with van der Waals surface area (Å²) in [6, 6.07) is 10.5. The van der Waals surface area contributed by atoms with E-state index in [4.69, 9.17) is 10.00 Å². The molecule has 154 valence electrons. The molecule has 1 aliphatic carbocycles. The van der Waals surface area contributed by atoms with E-state index < -0.39 is 0 Å². The highest BCUT2D eigenvalue weighted by molar-refractivity contribution is 5.78. The van der Waals surface area contributed by atoms with E-state index in [1.54, 1.807) is 6.20 Å². The van der Waals surface area contributed by atoms with E-state index in [1.807, 2.05) is 41.6 Å². The predicted octanol–water partition coefficient (Wildman–Crippen LogP) is 2.28. The molecule has 1 unspecified atom stereocenters. The summed E-state index contributed by atoms with van der Waals surface area (Å²) in [6.07, 6.45) is 9.58. The number of pyridine rings is 2. The Morgan fingerprint density at radius 3 is 2.50 bits per heavy atom. The second-order valence-electron chi connectivity index (χ2n) is 8.62. The van der Waals surface area contributed by atoms with E-state index in [2.05, 4.69) is 20.9 Å². The number of carbonyl (C=O) groups is 1. The fourth-order valence-corrected chi connectivity index (χ4v) is 4.88. The summed E-state index contributed by atoms with van der Waals surface area (Å²) >= 11 is 0. The quantitative estimate of drug-likeness (QED) is 0.736. The van der Waals surface area contributed by atoms with Gasteiger partial charge in [-0.3, -0.25) is 9.78 Å². The van der Waals surface area contributed by atoms with Gasteiger partial charge in [0.15, 0.2) is 0 Å². The third kappa shape index (κ3) is 3.52. The summed E-state index contributed by atoms with van der Waals surface area (Å²) in [6.45, 7) is 2.14. The van der Waals surface area contributed by atoms with Crippen molar-refractivity contribution in [2.24, 2.45) is 0 Å². The number of rotatable bonds is 6. The fourth-order valence-electron chi connectivity index (χ4n) is 4.88. The number of aromatic nitrogens is 2. The molecule has 1 amide bonds. The van der Waals surface area contributed by atoms with E-state index in [0.717, 1.165) is 31.5 Å². The van der Waals surface area contributed by atoms with Gasteiger partial charge in [-0.15, -0.1) is 0 Å². The molecule has 7 heteroatoms. The van der Waals surface area contributed by atoms with Crippen LogP contribution >= 0.6 is 0 Å². The maximum atomic E-state index is 12.8. The monoisotopic (exact) mass is 403 g/mol. The average Bonchev–Trinajstić information content (AvgIpc) is 3.54. The fraction of sp³-hybridized carbons (Fsp3) is 0.478. The zero-order valence-corrected chi connectivity index (χ0v) is 16.9. The molecule has 2 aromatic rings. The first kappa shape index (κ1) is 19.0. The Morgan fingerprint density at radius 2 is 1.90 bits per heavy atom. The number of hydrogen-bond acceptors (Lipinski definition) is 6. The predicted molar refractivity (Wildman–Crippen MR) is 111 cm³/mol. The molecular weight excluding hydrogens is 378 g/mol. The van der Waals surface area contributed by atoms with Crippen molar-refractivity contribution in [3.05, 3.63) is 54.0 Å². The number of ether oxygens (including phenoxy) is 1. The standard InChI is InChI=1S/C23H25N5O2/c24-11-17-1-4-21(26-12-17)28-19-2-3-20(28)14-27(13-19)22(29)15-30-16-23(7-8-23)18-5-9-25-10-6-18/h1,4-6,9-10,12,19-20H,2-3,7-8,13-16H2/t19-,20?/m0/s1. The lowest BCUT2D eigenvalue weighted by molar-refractivity contribution is -0.137. The van der Waals surface area contributed by atoms with Crippen LogP contribution in [0.25, 0.3) is 0 Å². The number of carbonyl (C=O) groups excluding carboxylic acids is 1. The molecule has 0 spiro atoms. The van der Waals surface area contributed by atoms with Crippen LogP contribution < -0.4 is 4.90 Å². The van der Waals surface area contributed by atoms with Crippen LogP contribution in [0.15, 0.2) is 42.9 Å². The number of amides is 1. The van der Waals surface area contributed by atoms with Gasteiger partial charge in [0, 0.05) is 49.2 Å². The second-order valence-corrected chi connectivity index (χ2v) is 8.62. The molecule has 1 saturated carbocycles. The van der Waals surface area contributed by atoms with Gasteiger partial charge >= 0.3 is 0 Å². The lowest BCUT2D eigenvalue weighted by atomic mass is 9.98. The highest BCUT2D eigenvalue weighted by Gasteiger charge is 2.45. The summed E-state index contributed by atoms with van der Waals surface area (Å²) in [7, 11) is 0. The van der Waals surface area contributed by atoms with Gasteiger partial charge in [-0.25, -0.2) is 4.98 Å². The molecule has 2 bridgehead atoms. The number of nitriles is 1. The third-order valence-electron chi connectivity index (χ3n) is 6.73. The molecule has 7 nitrogen and oxygen atoms in total. The summed E-state index contributed by atoms with van der Waals surface area (Å²) in [5.41, 5.74) is 1.89. The zero-order chi connectivity index (χ0) is 20.6. The second kappa shape index (κ2) is 7.69. The number of likely N-dealkylation sites (tertiary alicyclic amines) is 1. The van der Waals surface area contributed by atoms with Crippen molar-refractivity contribution in [3.63, 3.8) is 0 Å². The first-order chi connectivity index (χ1) is 14.7. The molecule has 2 aliphatic heterocycles. The minimum absolute atomic E-state index is 0.0716. The molecule has 2 saturated heterocycles. The minimum Gasteiger partial charge on any atom is -0.371 e.